The maximum atomic E-state index is 5.81. The van der Waals surface area contributed by atoms with E-state index < -0.39 is 0 Å². The van der Waals surface area contributed by atoms with E-state index in [4.69, 9.17) is 10.7 Å². The van der Waals surface area contributed by atoms with Crippen molar-refractivity contribution in [2.45, 2.75) is 47.0 Å². The molecular formula is C13H25N3. The van der Waals surface area contributed by atoms with Crippen molar-refractivity contribution in [2.75, 3.05) is 6.54 Å². The van der Waals surface area contributed by atoms with E-state index in [0.29, 0.717) is 24.3 Å². The van der Waals surface area contributed by atoms with Gasteiger partial charge in [-0.3, -0.25) is 0 Å². The molecule has 0 bridgehead atoms. The number of H-pyrrole nitrogens is 1. The third kappa shape index (κ3) is 3.08. The summed E-state index contributed by atoms with van der Waals surface area (Å²) >= 11 is 0. The quantitative estimate of drug-likeness (QED) is 0.806. The van der Waals surface area contributed by atoms with Crippen LogP contribution in [0.5, 0.6) is 0 Å². The first kappa shape index (κ1) is 13.2. The summed E-state index contributed by atoms with van der Waals surface area (Å²) in [7, 11) is 0. The van der Waals surface area contributed by atoms with Gasteiger partial charge in [-0.2, -0.15) is 0 Å². The van der Waals surface area contributed by atoms with Crippen molar-refractivity contribution in [3.63, 3.8) is 0 Å². The molecule has 0 spiro atoms. The Labute approximate surface area is 98.8 Å². The standard InChI is InChI=1S/C13H25N3/c1-8(2)6-12-10(5)15-13(16-12)11(7-14)9(3)4/h8-9,11H,6-7,14H2,1-5H3,(H,15,16). The summed E-state index contributed by atoms with van der Waals surface area (Å²) < 4.78 is 0. The molecule has 1 aromatic rings. The molecule has 3 heteroatoms. The monoisotopic (exact) mass is 223 g/mol. The van der Waals surface area contributed by atoms with Crippen LogP contribution in [0.25, 0.3) is 0 Å². The van der Waals surface area contributed by atoms with Crippen LogP contribution < -0.4 is 5.73 Å². The van der Waals surface area contributed by atoms with Crippen LogP contribution in [0.1, 0.15) is 50.8 Å². The zero-order valence-corrected chi connectivity index (χ0v) is 11.2. The second-order valence-electron chi connectivity index (χ2n) is 5.38. The molecule has 0 aromatic carbocycles. The van der Waals surface area contributed by atoms with Gasteiger partial charge < -0.3 is 10.7 Å². The number of rotatable bonds is 5. The molecule has 0 aliphatic carbocycles. The SMILES string of the molecule is Cc1[nH]c(C(CN)C(C)C)nc1CC(C)C. The van der Waals surface area contributed by atoms with E-state index in [1.54, 1.807) is 0 Å². The predicted octanol–water partition coefficient (Wildman–Crippen LogP) is 2.61. The highest BCUT2D eigenvalue weighted by Gasteiger charge is 2.19. The van der Waals surface area contributed by atoms with Crippen LogP contribution in [-0.2, 0) is 6.42 Å². The number of hydrogen-bond donors (Lipinski definition) is 2. The van der Waals surface area contributed by atoms with Crippen molar-refractivity contribution in [3.05, 3.63) is 17.2 Å². The largest absolute Gasteiger partial charge is 0.346 e. The van der Waals surface area contributed by atoms with E-state index >= 15 is 0 Å². The Morgan fingerprint density at radius 3 is 2.31 bits per heavy atom. The predicted molar refractivity (Wildman–Crippen MR) is 68.5 cm³/mol. The van der Waals surface area contributed by atoms with Crippen LogP contribution in [0.4, 0.5) is 0 Å². The molecule has 0 aliphatic heterocycles. The van der Waals surface area contributed by atoms with Gasteiger partial charge >= 0.3 is 0 Å². The van der Waals surface area contributed by atoms with Crippen LogP contribution in [0.15, 0.2) is 0 Å². The average Bonchev–Trinajstić information content (AvgIpc) is 2.47. The Morgan fingerprint density at radius 1 is 1.25 bits per heavy atom. The highest BCUT2D eigenvalue weighted by molar-refractivity contribution is 5.16. The minimum absolute atomic E-state index is 0.347. The van der Waals surface area contributed by atoms with Gasteiger partial charge in [0, 0.05) is 18.2 Å². The Hall–Kier alpha value is -0.830. The Balaban J connectivity index is 2.90. The molecule has 0 saturated heterocycles. The summed E-state index contributed by atoms with van der Waals surface area (Å²) in [6, 6.07) is 0. The summed E-state index contributed by atoms with van der Waals surface area (Å²) in [5, 5.41) is 0. The number of aryl methyl sites for hydroxylation is 1. The van der Waals surface area contributed by atoms with Gasteiger partial charge in [-0.1, -0.05) is 27.7 Å². The number of nitrogens with two attached hydrogens (primary N) is 1. The van der Waals surface area contributed by atoms with Gasteiger partial charge in [0.05, 0.1) is 5.69 Å². The van der Waals surface area contributed by atoms with E-state index in [-0.39, 0.29) is 0 Å². The van der Waals surface area contributed by atoms with E-state index in [0.717, 1.165) is 12.2 Å². The molecule has 0 radical (unpaired) electrons. The average molecular weight is 223 g/mol. The second-order valence-corrected chi connectivity index (χ2v) is 5.38. The highest BCUT2D eigenvalue weighted by Crippen LogP contribution is 2.22. The van der Waals surface area contributed by atoms with Crippen molar-refractivity contribution in [2.24, 2.45) is 17.6 Å². The van der Waals surface area contributed by atoms with Crippen molar-refractivity contribution >= 4 is 0 Å². The number of hydrogen-bond acceptors (Lipinski definition) is 2. The van der Waals surface area contributed by atoms with Crippen LogP contribution >= 0.6 is 0 Å². The first-order valence-electron chi connectivity index (χ1n) is 6.21. The molecule has 1 atom stereocenters. The fourth-order valence-corrected chi connectivity index (χ4v) is 1.98. The minimum atomic E-state index is 0.347. The Bertz CT molecular complexity index is 326. The molecule has 1 heterocycles. The molecule has 0 aliphatic rings. The maximum Gasteiger partial charge on any atom is 0.111 e. The summed E-state index contributed by atoms with van der Waals surface area (Å²) in [6.07, 6.45) is 1.04. The summed E-state index contributed by atoms with van der Waals surface area (Å²) in [6.45, 7) is 11.6. The highest BCUT2D eigenvalue weighted by atomic mass is 14.9. The van der Waals surface area contributed by atoms with Crippen molar-refractivity contribution in [3.8, 4) is 0 Å². The lowest BCUT2D eigenvalue weighted by molar-refractivity contribution is 0.485. The first-order valence-corrected chi connectivity index (χ1v) is 6.21. The van der Waals surface area contributed by atoms with Gasteiger partial charge in [0.25, 0.3) is 0 Å². The lowest BCUT2D eigenvalue weighted by Gasteiger charge is -2.15. The third-order valence-electron chi connectivity index (χ3n) is 3.02. The molecule has 3 nitrogen and oxygen atoms in total. The van der Waals surface area contributed by atoms with Crippen molar-refractivity contribution < 1.29 is 0 Å². The smallest absolute Gasteiger partial charge is 0.111 e. The van der Waals surface area contributed by atoms with Gasteiger partial charge in [0.2, 0.25) is 0 Å². The number of imidazole rings is 1. The molecule has 0 saturated carbocycles. The van der Waals surface area contributed by atoms with Gasteiger partial charge in [-0.15, -0.1) is 0 Å². The van der Waals surface area contributed by atoms with Gasteiger partial charge in [0.15, 0.2) is 0 Å². The molecule has 3 N–H and O–H groups in total. The Kier molecular flexibility index (Phi) is 4.54. The van der Waals surface area contributed by atoms with Crippen LogP contribution in [0, 0.1) is 18.8 Å². The third-order valence-corrected chi connectivity index (χ3v) is 3.02. The number of nitrogens with zero attached hydrogens (tertiary/aromatic N) is 1. The van der Waals surface area contributed by atoms with Crippen LogP contribution in [0.3, 0.4) is 0 Å². The molecule has 0 amide bonds. The van der Waals surface area contributed by atoms with Crippen LogP contribution in [0.2, 0.25) is 0 Å². The summed E-state index contributed by atoms with van der Waals surface area (Å²) in [4.78, 5) is 8.10. The molecule has 1 unspecified atom stereocenters. The molecule has 16 heavy (non-hydrogen) atoms. The molecule has 1 rings (SSSR count). The molecule has 0 fully saturated rings. The molecule has 1 aromatic heterocycles. The van der Waals surface area contributed by atoms with Gasteiger partial charge in [0.1, 0.15) is 5.82 Å². The maximum absolute atomic E-state index is 5.81. The number of aromatic nitrogens is 2. The topological polar surface area (TPSA) is 54.7 Å². The molecule has 92 valence electrons. The minimum Gasteiger partial charge on any atom is -0.346 e. The summed E-state index contributed by atoms with van der Waals surface area (Å²) in [5.74, 6) is 2.58. The Morgan fingerprint density at radius 2 is 1.88 bits per heavy atom. The van der Waals surface area contributed by atoms with Gasteiger partial charge in [-0.05, 0) is 25.2 Å². The number of aromatic amines is 1. The van der Waals surface area contributed by atoms with Crippen LogP contribution in [-0.4, -0.2) is 16.5 Å². The zero-order valence-electron chi connectivity index (χ0n) is 11.2. The van der Waals surface area contributed by atoms with Gasteiger partial charge in [-0.25, -0.2) is 4.98 Å². The first-order chi connectivity index (χ1) is 7.45. The van der Waals surface area contributed by atoms with Crippen molar-refractivity contribution in [1.82, 2.24) is 9.97 Å². The van der Waals surface area contributed by atoms with Crippen molar-refractivity contribution in [1.29, 1.82) is 0 Å². The lowest BCUT2D eigenvalue weighted by Crippen LogP contribution is -2.19. The number of nitrogens with one attached hydrogen (secondary N) is 1. The van der Waals surface area contributed by atoms with E-state index in [1.807, 2.05) is 0 Å². The summed E-state index contributed by atoms with van der Waals surface area (Å²) in [5.41, 5.74) is 8.20. The second kappa shape index (κ2) is 5.48. The normalized spacial score (nSPS) is 13.8. The van der Waals surface area contributed by atoms with E-state index in [1.165, 1.54) is 11.4 Å². The lowest BCUT2D eigenvalue weighted by atomic mass is 9.95. The fourth-order valence-electron chi connectivity index (χ4n) is 1.98. The zero-order chi connectivity index (χ0) is 12.3. The van der Waals surface area contributed by atoms with E-state index in [9.17, 15) is 0 Å². The molecular weight excluding hydrogens is 198 g/mol. The fraction of sp³-hybridized carbons (Fsp3) is 0.769. The van der Waals surface area contributed by atoms with E-state index in [2.05, 4.69) is 39.6 Å².